The molecular formula is C48H57BrF2N9O4P. The second-order valence-electron chi connectivity index (χ2n) is 17.8. The van der Waals surface area contributed by atoms with Crippen molar-refractivity contribution in [3.63, 3.8) is 0 Å². The number of nitrogens with zero attached hydrogens (tertiary/aromatic N) is 6. The molecule has 2 amide bonds. The largest absolute Gasteiger partial charge is 0.494 e. The zero-order valence-corrected chi connectivity index (χ0v) is 40.3. The van der Waals surface area contributed by atoms with Crippen molar-refractivity contribution in [2.24, 2.45) is 0 Å². The maximum Gasteiger partial charge on any atom is 0.234 e. The van der Waals surface area contributed by atoms with Gasteiger partial charge in [0.2, 0.25) is 17.8 Å². The van der Waals surface area contributed by atoms with Crippen molar-refractivity contribution in [3.8, 4) is 5.75 Å². The summed E-state index contributed by atoms with van der Waals surface area (Å²) in [4.78, 5) is 45.4. The quantitative estimate of drug-likeness (QED) is 0.0771. The highest BCUT2D eigenvalue weighted by Crippen LogP contribution is 2.43. The Morgan fingerprint density at radius 3 is 2.31 bits per heavy atom. The molecule has 65 heavy (non-hydrogen) atoms. The van der Waals surface area contributed by atoms with E-state index in [4.69, 9.17) is 14.7 Å². The van der Waals surface area contributed by atoms with Crippen molar-refractivity contribution in [1.29, 1.82) is 0 Å². The fraction of sp³-hybridized carbons (Fsp3) is 0.438. The van der Waals surface area contributed by atoms with Crippen LogP contribution in [0.4, 0.5) is 37.6 Å². The first kappa shape index (κ1) is 46.5. The second-order valence-corrected chi connectivity index (χ2v) is 21.8. The smallest absolute Gasteiger partial charge is 0.234 e. The monoisotopic (exact) mass is 971 g/mol. The number of halogens is 3. The number of piperidine rings is 2. The van der Waals surface area contributed by atoms with Crippen LogP contribution in [0.5, 0.6) is 5.75 Å². The molecule has 3 saturated heterocycles. The van der Waals surface area contributed by atoms with Gasteiger partial charge < -0.3 is 29.7 Å². The number of carbonyl (C=O) groups is 2. The predicted molar refractivity (Wildman–Crippen MR) is 257 cm³/mol. The number of nitrogens with one attached hydrogen (secondary N) is 3. The number of benzene rings is 3. The van der Waals surface area contributed by atoms with Crippen LogP contribution in [0.1, 0.15) is 66.5 Å². The number of piperazine rings is 1. The van der Waals surface area contributed by atoms with E-state index in [0.29, 0.717) is 52.2 Å². The number of aryl methyl sites for hydroxylation is 3. The molecule has 0 bridgehead atoms. The lowest BCUT2D eigenvalue weighted by molar-refractivity contribution is -0.134. The molecule has 5 aromatic rings. The van der Waals surface area contributed by atoms with Gasteiger partial charge in [0.25, 0.3) is 0 Å². The summed E-state index contributed by atoms with van der Waals surface area (Å²) in [6, 6.07) is 13.3. The Balaban J connectivity index is 0.877. The zero-order valence-electron chi connectivity index (χ0n) is 37.9. The summed E-state index contributed by atoms with van der Waals surface area (Å²) < 4.78 is 50.6. The molecule has 3 N–H and O–H groups in total. The van der Waals surface area contributed by atoms with Crippen molar-refractivity contribution in [3.05, 3.63) is 92.7 Å². The molecule has 3 fully saturated rings. The lowest BCUT2D eigenvalue weighted by Crippen LogP contribution is -2.53. The Kier molecular flexibility index (Phi) is 13.9. The fourth-order valence-corrected chi connectivity index (χ4v) is 11.3. The number of anilines is 5. The normalized spacial score (nSPS) is 18.0. The van der Waals surface area contributed by atoms with Gasteiger partial charge in [0, 0.05) is 98.2 Å². The Morgan fingerprint density at radius 2 is 1.65 bits per heavy atom. The molecule has 17 heteroatoms. The summed E-state index contributed by atoms with van der Waals surface area (Å²) in [5.74, 6) is -1.95. The summed E-state index contributed by atoms with van der Waals surface area (Å²) in [5.41, 5.74) is 6.87. The molecule has 0 aliphatic carbocycles. The average molecular weight is 973 g/mol. The average Bonchev–Trinajstić information content (AvgIpc) is 3.27. The Hall–Kier alpha value is -5.02. The Bertz CT molecular complexity index is 2660. The maximum absolute atomic E-state index is 15.1. The summed E-state index contributed by atoms with van der Waals surface area (Å²) in [7, 11) is -1.09. The number of rotatable bonds is 13. The third-order valence-corrected chi connectivity index (χ3v) is 15.3. The van der Waals surface area contributed by atoms with Crippen LogP contribution in [-0.2, 0) is 27.0 Å². The first-order valence-corrected chi connectivity index (χ1v) is 25.8. The molecular weight excluding hydrogens is 915 g/mol. The van der Waals surface area contributed by atoms with E-state index in [0.717, 1.165) is 97.4 Å². The van der Waals surface area contributed by atoms with Crippen LogP contribution in [0.25, 0.3) is 10.9 Å². The van der Waals surface area contributed by atoms with Gasteiger partial charge >= 0.3 is 0 Å². The van der Waals surface area contributed by atoms with E-state index in [9.17, 15) is 14.2 Å². The minimum Gasteiger partial charge on any atom is -0.494 e. The number of hydrogen-bond acceptors (Lipinski definition) is 12. The van der Waals surface area contributed by atoms with Crippen LogP contribution in [-0.4, -0.2) is 109 Å². The number of aromatic nitrogens is 3. The standard InChI is InChI=1S/C48H57BrF2N9O4P/c1-7-31-25-40(55-48-52-27-35(49)46(57-48)54-39-10-9-38-34(45(39)65(5,6)63)22-28(2)29(3)53-38)42(64-4)26-41(31)60-16-13-32(14-17-60)59-20-18-58(19-21-59)15-12-30-23-36(50)44(37(51)24-30)33-8-11-43(61)56-47(33)62/h9-10,22-27,32-33H,7-8,11-21H2,1-6H3,(H,56,61,62)(H2,52,54,55,57). The number of fused-ring (bicyclic) bond motifs is 1. The number of ether oxygens (including phenoxy) is 1. The molecule has 344 valence electrons. The van der Waals surface area contributed by atoms with Crippen molar-refractivity contribution >= 4 is 79.9 Å². The van der Waals surface area contributed by atoms with Gasteiger partial charge in [0.15, 0.2) is 0 Å². The zero-order chi connectivity index (χ0) is 46.2. The second kappa shape index (κ2) is 19.4. The molecule has 0 spiro atoms. The summed E-state index contributed by atoms with van der Waals surface area (Å²) >= 11 is 3.62. The highest BCUT2D eigenvalue weighted by molar-refractivity contribution is 9.10. The molecule has 8 rings (SSSR count). The molecule has 1 atom stereocenters. The van der Waals surface area contributed by atoms with Crippen LogP contribution in [0.3, 0.4) is 0 Å². The summed E-state index contributed by atoms with van der Waals surface area (Å²) in [6.07, 6.45) is 5.24. The third-order valence-electron chi connectivity index (χ3n) is 13.1. The third kappa shape index (κ3) is 10.2. The van der Waals surface area contributed by atoms with E-state index in [2.05, 4.69) is 76.7 Å². The maximum atomic E-state index is 15.1. The van der Waals surface area contributed by atoms with E-state index in [-0.39, 0.29) is 18.4 Å². The summed E-state index contributed by atoms with van der Waals surface area (Å²) in [6.45, 7) is 15.8. The highest BCUT2D eigenvalue weighted by Gasteiger charge is 2.33. The van der Waals surface area contributed by atoms with Gasteiger partial charge in [-0.15, -0.1) is 0 Å². The number of imide groups is 1. The van der Waals surface area contributed by atoms with E-state index in [1.54, 1.807) is 26.6 Å². The predicted octanol–water partition coefficient (Wildman–Crippen LogP) is 8.34. The molecule has 3 aromatic carbocycles. The van der Waals surface area contributed by atoms with Crippen LogP contribution in [0.15, 0.2) is 53.1 Å². The van der Waals surface area contributed by atoms with E-state index in [1.807, 2.05) is 26.0 Å². The number of hydrogen-bond donors (Lipinski definition) is 3. The van der Waals surface area contributed by atoms with Crippen LogP contribution in [0.2, 0.25) is 0 Å². The Morgan fingerprint density at radius 1 is 0.923 bits per heavy atom. The van der Waals surface area contributed by atoms with E-state index in [1.165, 1.54) is 17.7 Å². The molecule has 2 aromatic heterocycles. The molecule has 3 aliphatic rings. The molecule has 3 aliphatic heterocycles. The number of methoxy groups -OCH3 is 1. The van der Waals surface area contributed by atoms with Crippen LogP contribution in [0, 0.1) is 25.5 Å². The fourth-order valence-electron chi connectivity index (χ4n) is 9.52. The molecule has 5 heterocycles. The number of carbonyl (C=O) groups excluding carboxylic acids is 2. The number of amides is 2. The van der Waals surface area contributed by atoms with Gasteiger partial charge in [0.1, 0.15) is 30.3 Å². The van der Waals surface area contributed by atoms with Crippen molar-refractivity contribution in [2.45, 2.75) is 71.3 Å². The van der Waals surface area contributed by atoms with Gasteiger partial charge in [0.05, 0.1) is 34.4 Å². The van der Waals surface area contributed by atoms with Crippen LogP contribution >= 0.6 is 23.1 Å². The lowest BCUT2D eigenvalue weighted by Gasteiger charge is -2.43. The first-order valence-electron chi connectivity index (χ1n) is 22.4. The topological polar surface area (TPSA) is 145 Å². The van der Waals surface area contributed by atoms with Crippen molar-refractivity contribution in [1.82, 2.24) is 30.1 Å². The van der Waals surface area contributed by atoms with Gasteiger partial charge in [-0.05, 0) is 128 Å². The number of pyridine rings is 1. The minimum absolute atomic E-state index is 0.0643. The van der Waals surface area contributed by atoms with E-state index < -0.39 is 36.5 Å². The van der Waals surface area contributed by atoms with Gasteiger partial charge in [-0.3, -0.25) is 24.8 Å². The molecule has 13 nitrogen and oxygen atoms in total. The Labute approximate surface area is 387 Å². The lowest BCUT2D eigenvalue weighted by atomic mass is 9.89. The highest BCUT2D eigenvalue weighted by atomic mass is 79.9. The van der Waals surface area contributed by atoms with Gasteiger partial charge in [-0.1, -0.05) is 6.92 Å². The molecule has 0 saturated carbocycles. The molecule has 1 unspecified atom stereocenters. The van der Waals surface area contributed by atoms with E-state index >= 15 is 8.78 Å². The van der Waals surface area contributed by atoms with Crippen LogP contribution < -0.4 is 30.9 Å². The van der Waals surface area contributed by atoms with Gasteiger partial charge in [-0.25, -0.2) is 13.8 Å². The summed E-state index contributed by atoms with van der Waals surface area (Å²) in [5, 5.41) is 10.6. The van der Waals surface area contributed by atoms with Gasteiger partial charge in [-0.2, -0.15) is 4.98 Å². The SMILES string of the molecule is CCc1cc(Nc2ncc(Br)c(Nc3ccc4nc(C)c(C)cc4c3P(C)(C)=O)n2)c(OC)cc1N1CCC(N2CCN(CCc3cc(F)c(C4CCC(=O)NC4=O)c(F)c3)CC2)CC1. The minimum atomic E-state index is -2.76. The van der Waals surface area contributed by atoms with Crippen molar-refractivity contribution < 1.29 is 27.7 Å². The molecule has 0 radical (unpaired) electrons. The first-order chi connectivity index (χ1) is 31.1. The van der Waals surface area contributed by atoms with Crippen molar-refractivity contribution in [2.75, 3.05) is 81.8 Å².